The highest BCUT2D eigenvalue weighted by molar-refractivity contribution is 9.08. The Hall–Kier alpha value is -0.610. The second kappa shape index (κ2) is 6.02. The highest BCUT2D eigenvalue weighted by Gasteiger charge is 2.27. The van der Waals surface area contributed by atoms with Crippen molar-refractivity contribution in [2.24, 2.45) is 0 Å². The molecule has 0 bridgehead atoms. The molecular formula is C14H21BrN2O. The van der Waals surface area contributed by atoms with Crippen LogP contribution in [0.1, 0.15) is 31.4 Å². The molecule has 2 heterocycles. The molecule has 4 heteroatoms. The van der Waals surface area contributed by atoms with Crippen LogP contribution in [0.2, 0.25) is 0 Å². The standard InChI is InChI=1S/C14H21BrN2O/c1-4-13-9-18-11(3)8-17(13)14-10(2)5-12(6-15)7-16-14/h5,7,11,13H,4,6,8-9H2,1-3H3. The molecule has 1 aromatic rings. The van der Waals surface area contributed by atoms with E-state index in [-0.39, 0.29) is 6.10 Å². The first kappa shape index (κ1) is 13.8. The van der Waals surface area contributed by atoms with E-state index < -0.39 is 0 Å². The fraction of sp³-hybridized carbons (Fsp3) is 0.643. The molecule has 1 aliphatic rings. The molecule has 1 aliphatic heterocycles. The van der Waals surface area contributed by atoms with Gasteiger partial charge in [-0.1, -0.05) is 28.9 Å². The molecule has 100 valence electrons. The number of aryl methyl sites for hydroxylation is 1. The van der Waals surface area contributed by atoms with Gasteiger partial charge in [0.25, 0.3) is 0 Å². The fourth-order valence-corrected chi connectivity index (χ4v) is 2.75. The normalized spacial score (nSPS) is 24.3. The molecular weight excluding hydrogens is 292 g/mol. The van der Waals surface area contributed by atoms with Gasteiger partial charge in [-0.2, -0.15) is 0 Å². The van der Waals surface area contributed by atoms with Crippen LogP contribution in [0.25, 0.3) is 0 Å². The van der Waals surface area contributed by atoms with Crippen molar-refractivity contribution in [2.45, 2.75) is 44.7 Å². The van der Waals surface area contributed by atoms with E-state index >= 15 is 0 Å². The highest BCUT2D eigenvalue weighted by Crippen LogP contribution is 2.25. The Labute approximate surface area is 118 Å². The molecule has 0 N–H and O–H groups in total. The first-order valence-electron chi connectivity index (χ1n) is 6.55. The predicted octanol–water partition coefficient (Wildman–Crippen LogP) is 3.29. The number of hydrogen-bond acceptors (Lipinski definition) is 3. The average molecular weight is 313 g/mol. The van der Waals surface area contributed by atoms with E-state index in [9.17, 15) is 0 Å². The number of halogens is 1. The number of hydrogen-bond donors (Lipinski definition) is 0. The van der Waals surface area contributed by atoms with Gasteiger partial charge < -0.3 is 9.64 Å². The Morgan fingerprint density at radius 2 is 2.33 bits per heavy atom. The van der Waals surface area contributed by atoms with Gasteiger partial charge in [-0.15, -0.1) is 0 Å². The number of pyridine rings is 1. The van der Waals surface area contributed by atoms with Gasteiger partial charge in [-0.3, -0.25) is 0 Å². The number of anilines is 1. The number of nitrogens with zero attached hydrogens (tertiary/aromatic N) is 2. The van der Waals surface area contributed by atoms with Gasteiger partial charge >= 0.3 is 0 Å². The maximum absolute atomic E-state index is 5.74. The van der Waals surface area contributed by atoms with Crippen LogP contribution in [0.5, 0.6) is 0 Å². The van der Waals surface area contributed by atoms with Gasteiger partial charge in [0, 0.05) is 18.1 Å². The number of rotatable bonds is 3. The summed E-state index contributed by atoms with van der Waals surface area (Å²) in [5.74, 6) is 1.11. The lowest BCUT2D eigenvalue weighted by molar-refractivity contribution is 0.0296. The average Bonchev–Trinajstić information content (AvgIpc) is 2.38. The Bertz CT molecular complexity index is 411. The Balaban J connectivity index is 2.27. The molecule has 2 unspecified atom stereocenters. The van der Waals surface area contributed by atoms with Gasteiger partial charge in [0.05, 0.1) is 18.8 Å². The van der Waals surface area contributed by atoms with Crippen molar-refractivity contribution in [3.63, 3.8) is 0 Å². The molecule has 1 aromatic heterocycles. The summed E-state index contributed by atoms with van der Waals surface area (Å²) in [6, 6.07) is 2.66. The van der Waals surface area contributed by atoms with Crippen molar-refractivity contribution in [1.29, 1.82) is 0 Å². The molecule has 18 heavy (non-hydrogen) atoms. The zero-order valence-electron chi connectivity index (χ0n) is 11.3. The van der Waals surface area contributed by atoms with Crippen LogP contribution in [0.15, 0.2) is 12.3 Å². The van der Waals surface area contributed by atoms with E-state index in [1.165, 1.54) is 11.1 Å². The third-order valence-corrected chi connectivity index (χ3v) is 4.12. The van der Waals surface area contributed by atoms with Crippen LogP contribution >= 0.6 is 15.9 Å². The minimum atomic E-state index is 0.282. The number of alkyl halides is 1. The van der Waals surface area contributed by atoms with Gasteiger partial charge in [-0.25, -0.2) is 4.98 Å². The summed E-state index contributed by atoms with van der Waals surface area (Å²) < 4.78 is 5.74. The van der Waals surface area contributed by atoms with Crippen molar-refractivity contribution >= 4 is 21.7 Å². The van der Waals surface area contributed by atoms with E-state index in [0.717, 1.165) is 30.7 Å². The Kier molecular flexibility index (Phi) is 4.62. The molecule has 2 rings (SSSR count). The van der Waals surface area contributed by atoms with Crippen molar-refractivity contribution < 1.29 is 4.74 Å². The summed E-state index contributed by atoms with van der Waals surface area (Å²) in [5, 5.41) is 0.859. The van der Waals surface area contributed by atoms with E-state index in [4.69, 9.17) is 4.74 Å². The second-order valence-electron chi connectivity index (χ2n) is 4.98. The lowest BCUT2D eigenvalue weighted by Gasteiger charge is -2.39. The molecule has 0 amide bonds. The maximum Gasteiger partial charge on any atom is 0.131 e. The quantitative estimate of drug-likeness (QED) is 0.801. The minimum Gasteiger partial charge on any atom is -0.375 e. The Morgan fingerprint density at radius 1 is 1.56 bits per heavy atom. The van der Waals surface area contributed by atoms with Crippen LogP contribution in [-0.2, 0) is 10.1 Å². The first-order chi connectivity index (χ1) is 8.65. The molecule has 0 radical (unpaired) electrons. The summed E-state index contributed by atoms with van der Waals surface area (Å²) in [5.41, 5.74) is 2.48. The minimum absolute atomic E-state index is 0.282. The van der Waals surface area contributed by atoms with Crippen molar-refractivity contribution in [3.05, 3.63) is 23.4 Å². The molecule has 0 aliphatic carbocycles. The van der Waals surface area contributed by atoms with Gasteiger partial charge in [0.1, 0.15) is 5.82 Å². The van der Waals surface area contributed by atoms with Crippen LogP contribution in [-0.4, -0.2) is 30.3 Å². The third-order valence-electron chi connectivity index (χ3n) is 3.47. The summed E-state index contributed by atoms with van der Waals surface area (Å²) in [7, 11) is 0. The monoisotopic (exact) mass is 312 g/mol. The van der Waals surface area contributed by atoms with E-state index in [2.05, 4.69) is 52.7 Å². The number of ether oxygens (including phenoxy) is 1. The second-order valence-corrected chi connectivity index (χ2v) is 5.54. The summed E-state index contributed by atoms with van der Waals surface area (Å²) >= 11 is 3.47. The van der Waals surface area contributed by atoms with Gasteiger partial charge in [-0.05, 0) is 31.4 Å². The van der Waals surface area contributed by atoms with Crippen LogP contribution < -0.4 is 4.90 Å². The van der Waals surface area contributed by atoms with E-state index in [0.29, 0.717) is 6.04 Å². The van der Waals surface area contributed by atoms with E-state index in [1.54, 1.807) is 0 Å². The molecule has 0 spiro atoms. The zero-order valence-corrected chi connectivity index (χ0v) is 12.9. The lowest BCUT2D eigenvalue weighted by Crippen LogP contribution is -2.49. The largest absolute Gasteiger partial charge is 0.375 e. The topological polar surface area (TPSA) is 25.4 Å². The van der Waals surface area contributed by atoms with Crippen molar-refractivity contribution in [1.82, 2.24) is 4.98 Å². The van der Waals surface area contributed by atoms with Gasteiger partial charge in [0.2, 0.25) is 0 Å². The molecule has 1 saturated heterocycles. The molecule has 1 fully saturated rings. The van der Waals surface area contributed by atoms with Gasteiger partial charge in [0.15, 0.2) is 0 Å². The SMILES string of the molecule is CCC1COC(C)CN1c1ncc(CBr)cc1C. The molecule has 0 saturated carbocycles. The molecule has 2 atom stereocenters. The summed E-state index contributed by atoms with van der Waals surface area (Å²) in [4.78, 5) is 7.05. The Morgan fingerprint density at radius 3 is 2.94 bits per heavy atom. The number of aromatic nitrogens is 1. The lowest BCUT2D eigenvalue weighted by atomic mass is 10.1. The third kappa shape index (κ3) is 2.86. The zero-order chi connectivity index (χ0) is 13.1. The smallest absolute Gasteiger partial charge is 0.131 e. The van der Waals surface area contributed by atoms with Crippen LogP contribution in [0, 0.1) is 6.92 Å². The molecule has 0 aromatic carbocycles. The fourth-order valence-electron chi connectivity index (χ4n) is 2.44. The summed E-state index contributed by atoms with van der Waals surface area (Å²) in [6.07, 6.45) is 3.34. The molecule has 3 nitrogen and oxygen atoms in total. The van der Waals surface area contributed by atoms with Crippen LogP contribution in [0.3, 0.4) is 0 Å². The number of morpholine rings is 1. The highest BCUT2D eigenvalue weighted by atomic mass is 79.9. The van der Waals surface area contributed by atoms with Crippen molar-refractivity contribution in [2.75, 3.05) is 18.1 Å². The maximum atomic E-state index is 5.74. The predicted molar refractivity (Wildman–Crippen MR) is 78.4 cm³/mol. The summed E-state index contributed by atoms with van der Waals surface area (Å²) in [6.45, 7) is 8.21. The van der Waals surface area contributed by atoms with E-state index in [1.807, 2.05) is 6.20 Å². The van der Waals surface area contributed by atoms with Crippen molar-refractivity contribution in [3.8, 4) is 0 Å². The van der Waals surface area contributed by atoms with Crippen LogP contribution in [0.4, 0.5) is 5.82 Å². The first-order valence-corrected chi connectivity index (χ1v) is 7.67.